The van der Waals surface area contributed by atoms with Crippen molar-refractivity contribution in [2.45, 2.75) is 58.7 Å². The Kier molecular flexibility index (Phi) is 5.42. The quantitative estimate of drug-likeness (QED) is 0.779. The van der Waals surface area contributed by atoms with Crippen molar-refractivity contribution in [3.8, 4) is 0 Å². The molecule has 102 valence electrons. The van der Waals surface area contributed by atoms with Gasteiger partial charge in [0, 0.05) is 0 Å². The fourth-order valence-corrected chi connectivity index (χ4v) is 2.64. The third kappa shape index (κ3) is 4.57. The molecule has 1 rings (SSSR count). The van der Waals surface area contributed by atoms with Crippen LogP contribution >= 0.6 is 0 Å². The van der Waals surface area contributed by atoms with E-state index in [1.807, 2.05) is 0 Å². The fourth-order valence-electron chi connectivity index (χ4n) is 2.64. The van der Waals surface area contributed by atoms with E-state index in [0.717, 1.165) is 6.42 Å². The number of aliphatic hydroxyl groups is 2. The predicted molar refractivity (Wildman–Crippen MR) is 68.8 cm³/mol. The van der Waals surface area contributed by atoms with Crippen LogP contribution in [0.1, 0.15) is 47.0 Å². The molecule has 1 aliphatic rings. The zero-order chi connectivity index (χ0) is 13.1. The summed E-state index contributed by atoms with van der Waals surface area (Å²) in [6.07, 6.45) is 3.80. The molecule has 0 aromatic carbocycles. The van der Waals surface area contributed by atoms with Crippen LogP contribution in [0.15, 0.2) is 0 Å². The molecule has 0 amide bonds. The van der Waals surface area contributed by atoms with Gasteiger partial charge in [-0.05, 0) is 37.5 Å². The molecule has 1 fully saturated rings. The standard InChI is InChI=1S/C14H28O3/c1-10(2)12-6-5-11(3)7-13(12)17-9-14(4,16)8-15/h10-13,15-16H,5-9H2,1-4H3/t11-,12-,13+,14-/m1/s1. The van der Waals surface area contributed by atoms with Gasteiger partial charge in [0.1, 0.15) is 5.60 Å². The summed E-state index contributed by atoms with van der Waals surface area (Å²) in [6.45, 7) is 8.33. The third-order valence-electron chi connectivity index (χ3n) is 3.91. The van der Waals surface area contributed by atoms with E-state index in [1.54, 1.807) is 6.92 Å². The van der Waals surface area contributed by atoms with E-state index in [0.29, 0.717) is 17.8 Å². The Hall–Kier alpha value is -0.120. The average molecular weight is 244 g/mol. The van der Waals surface area contributed by atoms with E-state index in [9.17, 15) is 5.11 Å². The summed E-state index contributed by atoms with van der Waals surface area (Å²) in [4.78, 5) is 0. The maximum Gasteiger partial charge on any atom is 0.108 e. The van der Waals surface area contributed by atoms with Crippen LogP contribution in [-0.2, 0) is 4.74 Å². The van der Waals surface area contributed by atoms with Crippen molar-refractivity contribution < 1.29 is 14.9 Å². The molecule has 0 saturated heterocycles. The summed E-state index contributed by atoms with van der Waals surface area (Å²) in [5.41, 5.74) is -1.11. The summed E-state index contributed by atoms with van der Waals surface area (Å²) in [6, 6.07) is 0. The molecule has 2 N–H and O–H groups in total. The Bertz CT molecular complexity index is 226. The minimum absolute atomic E-state index is 0.226. The minimum atomic E-state index is -1.11. The molecule has 0 spiro atoms. The monoisotopic (exact) mass is 244 g/mol. The van der Waals surface area contributed by atoms with Crippen molar-refractivity contribution in [2.24, 2.45) is 17.8 Å². The van der Waals surface area contributed by atoms with Crippen LogP contribution in [0.5, 0.6) is 0 Å². The summed E-state index contributed by atoms with van der Waals surface area (Å²) in [7, 11) is 0. The molecular formula is C14H28O3. The van der Waals surface area contributed by atoms with Gasteiger partial charge in [-0.25, -0.2) is 0 Å². The second-order valence-electron chi connectivity index (χ2n) is 6.33. The number of ether oxygens (including phenoxy) is 1. The van der Waals surface area contributed by atoms with Crippen molar-refractivity contribution in [2.75, 3.05) is 13.2 Å². The van der Waals surface area contributed by atoms with Crippen LogP contribution in [0.2, 0.25) is 0 Å². The van der Waals surface area contributed by atoms with Crippen LogP contribution < -0.4 is 0 Å². The van der Waals surface area contributed by atoms with E-state index in [1.165, 1.54) is 12.8 Å². The summed E-state index contributed by atoms with van der Waals surface area (Å²) in [5, 5.41) is 18.8. The molecule has 0 unspecified atom stereocenters. The first kappa shape index (κ1) is 14.9. The van der Waals surface area contributed by atoms with E-state index in [4.69, 9.17) is 9.84 Å². The second kappa shape index (κ2) is 6.17. The fraction of sp³-hybridized carbons (Fsp3) is 1.00. The van der Waals surface area contributed by atoms with E-state index in [-0.39, 0.29) is 19.3 Å². The third-order valence-corrected chi connectivity index (χ3v) is 3.91. The molecule has 17 heavy (non-hydrogen) atoms. The maximum absolute atomic E-state index is 9.77. The lowest BCUT2D eigenvalue weighted by molar-refractivity contribution is -0.116. The first-order valence-electron chi connectivity index (χ1n) is 6.80. The van der Waals surface area contributed by atoms with E-state index >= 15 is 0 Å². The van der Waals surface area contributed by atoms with Gasteiger partial charge in [-0.1, -0.05) is 27.2 Å². The highest BCUT2D eigenvalue weighted by atomic mass is 16.5. The molecule has 3 heteroatoms. The summed E-state index contributed by atoms with van der Waals surface area (Å²) >= 11 is 0. The Morgan fingerprint density at radius 2 is 2.00 bits per heavy atom. The van der Waals surface area contributed by atoms with Gasteiger partial charge in [0.05, 0.1) is 19.3 Å². The normalized spacial score (nSPS) is 33.7. The smallest absolute Gasteiger partial charge is 0.108 e. The number of aliphatic hydroxyl groups excluding tert-OH is 1. The van der Waals surface area contributed by atoms with Crippen LogP contribution in [0.3, 0.4) is 0 Å². The number of rotatable bonds is 5. The molecule has 1 saturated carbocycles. The highest BCUT2D eigenvalue weighted by molar-refractivity contribution is 4.82. The van der Waals surface area contributed by atoms with Crippen LogP contribution in [-0.4, -0.2) is 35.1 Å². The highest BCUT2D eigenvalue weighted by Gasteiger charge is 2.33. The average Bonchev–Trinajstić information content (AvgIpc) is 2.26. The molecule has 0 bridgehead atoms. The molecule has 0 aliphatic heterocycles. The van der Waals surface area contributed by atoms with Crippen molar-refractivity contribution in [1.29, 1.82) is 0 Å². The van der Waals surface area contributed by atoms with Gasteiger partial charge in [0.2, 0.25) is 0 Å². The van der Waals surface area contributed by atoms with Crippen molar-refractivity contribution >= 4 is 0 Å². The van der Waals surface area contributed by atoms with Crippen LogP contribution in [0.4, 0.5) is 0 Å². The Morgan fingerprint density at radius 3 is 2.53 bits per heavy atom. The lowest BCUT2D eigenvalue weighted by atomic mass is 9.75. The van der Waals surface area contributed by atoms with Gasteiger partial charge in [-0.2, -0.15) is 0 Å². The highest BCUT2D eigenvalue weighted by Crippen LogP contribution is 2.35. The molecule has 0 aromatic heterocycles. The molecule has 1 aliphatic carbocycles. The minimum Gasteiger partial charge on any atom is -0.393 e. The van der Waals surface area contributed by atoms with Crippen molar-refractivity contribution in [3.05, 3.63) is 0 Å². The van der Waals surface area contributed by atoms with Gasteiger partial charge in [-0.3, -0.25) is 0 Å². The van der Waals surface area contributed by atoms with Crippen molar-refractivity contribution in [1.82, 2.24) is 0 Å². The molecule has 0 heterocycles. The van der Waals surface area contributed by atoms with Crippen LogP contribution in [0.25, 0.3) is 0 Å². The van der Waals surface area contributed by atoms with Crippen molar-refractivity contribution in [3.63, 3.8) is 0 Å². The topological polar surface area (TPSA) is 49.7 Å². The molecule has 0 radical (unpaired) electrons. The van der Waals surface area contributed by atoms with Gasteiger partial charge in [0.15, 0.2) is 0 Å². The van der Waals surface area contributed by atoms with Gasteiger partial charge < -0.3 is 14.9 Å². The SMILES string of the molecule is CC(C)[C@H]1CC[C@@H](C)C[C@@H]1OC[C@](C)(O)CO. The lowest BCUT2D eigenvalue weighted by Crippen LogP contribution is -2.41. The molecular weight excluding hydrogens is 216 g/mol. The zero-order valence-electron chi connectivity index (χ0n) is 11.6. The number of hydrogen-bond donors (Lipinski definition) is 2. The first-order chi connectivity index (χ1) is 7.85. The predicted octanol–water partition coefficient (Wildman–Crippen LogP) is 2.21. The second-order valence-corrected chi connectivity index (χ2v) is 6.33. The van der Waals surface area contributed by atoms with Gasteiger partial charge in [-0.15, -0.1) is 0 Å². The maximum atomic E-state index is 9.77. The molecule has 3 nitrogen and oxygen atoms in total. The summed E-state index contributed by atoms with van der Waals surface area (Å²) in [5.74, 6) is 1.90. The molecule has 4 atom stereocenters. The van der Waals surface area contributed by atoms with Gasteiger partial charge in [0.25, 0.3) is 0 Å². The zero-order valence-corrected chi connectivity index (χ0v) is 11.6. The van der Waals surface area contributed by atoms with Crippen LogP contribution in [0, 0.1) is 17.8 Å². The first-order valence-corrected chi connectivity index (χ1v) is 6.80. The Balaban J connectivity index is 2.52. The Labute approximate surface area is 105 Å². The van der Waals surface area contributed by atoms with Gasteiger partial charge >= 0.3 is 0 Å². The lowest BCUT2D eigenvalue weighted by Gasteiger charge is -2.38. The van der Waals surface area contributed by atoms with E-state index in [2.05, 4.69) is 20.8 Å². The largest absolute Gasteiger partial charge is 0.393 e. The summed E-state index contributed by atoms with van der Waals surface area (Å²) < 4.78 is 5.87. The molecule has 0 aromatic rings. The van der Waals surface area contributed by atoms with E-state index < -0.39 is 5.60 Å². The Morgan fingerprint density at radius 1 is 1.35 bits per heavy atom. The number of hydrogen-bond acceptors (Lipinski definition) is 3.